The minimum absolute atomic E-state index is 0.0734. The quantitative estimate of drug-likeness (QED) is 0.489. The summed E-state index contributed by atoms with van der Waals surface area (Å²) >= 11 is 11.7. The molecule has 1 aliphatic heterocycles. The number of nitrogens with zero attached hydrogens (tertiary/aromatic N) is 3. The molecule has 0 spiro atoms. The molecule has 2 aromatic carbocycles. The third kappa shape index (κ3) is 6.13. The Morgan fingerprint density at radius 1 is 1.06 bits per heavy atom. The molecule has 8 nitrogen and oxygen atoms in total. The Hall–Kier alpha value is -3.75. The van der Waals surface area contributed by atoms with Gasteiger partial charge in [0.15, 0.2) is 5.82 Å². The molecule has 1 aliphatic rings. The standard InChI is InChI=1S/C12H10Cl2N4O.C10H8N2O/c1-15-11(19)7-4-2-3-5-9(7)17-10-8(13)6-16-12(14)18-10;13-10-5-6-11-9-4-2-1-3-8(9)7-12-10/h2-6H,1H3,(H,15,19)(H,16,17,18);1-7,11H/b;6-5-,12-7-. The van der Waals surface area contributed by atoms with Crippen LogP contribution in [0.3, 0.4) is 0 Å². The highest BCUT2D eigenvalue weighted by molar-refractivity contribution is 6.33. The number of anilines is 3. The maximum Gasteiger partial charge on any atom is 0.271 e. The molecule has 4 rings (SSSR count). The molecule has 0 saturated carbocycles. The third-order valence-electron chi connectivity index (χ3n) is 4.12. The SMILES string of the molecule is CNC(=O)c1ccccc1Nc1nc(Cl)ncc1Cl.O=C1/C=C\Nc2ccccc2/C=N\1. The number of halogens is 2. The van der Waals surface area contributed by atoms with Crippen LogP contribution in [0, 0.1) is 0 Å². The van der Waals surface area contributed by atoms with Crippen LogP contribution in [0.15, 0.2) is 72.0 Å². The zero-order valence-electron chi connectivity index (χ0n) is 16.8. The van der Waals surface area contributed by atoms with Crippen molar-refractivity contribution in [1.29, 1.82) is 0 Å². The summed E-state index contributed by atoms with van der Waals surface area (Å²) in [5, 5.41) is 8.92. The Morgan fingerprint density at radius 3 is 2.62 bits per heavy atom. The highest BCUT2D eigenvalue weighted by atomic mass is 35.5. The van der Waals surface area contributed by atoms with Crippen LogP contribution in [0.5, 0.6) is 0 Å². The number of para-hydroxylation sites is 2. The number of aliphatic imine (C=N–C) groups is 1. The number of hydrogen-bond acceptors (Lipinski definition) is 6. The molecule has 0 aliphatic carbocycles. The summed E-state index contributed by atoms with van der Waals surface area (Å²) in [5.41, 5.74) is 2.93. The first-order valence-corrected chi connectivity index (χ1v) is 10.1. The van der Waals surface area contributed by atoms with Crippen molar-refractivity contribution in [2.24, 2.45) is 4.99 Å². The number of carbonyl (C=O) groups is 2. The van der Waals surface area contributed by atoms with E-state index in [0.717, 1.165) is 11.3 Å². The first kappa shape index (κ1) is 22.9. The van der Waals surface area contributed by atoms with E-state index in [2.05, 4.69) is 30.9 Å². The van der Waals surface area contributed by atoms with Crippen LogP contribution in [-0.2, 0) is 4.79 Å². The van der Waals surface area contributed by atoms with Crippen LogP contribution in [-0.4, -0.2) is 35.0 Å². The molecule has 0 radical (unpaired) electrons. The van der Waals surface area contributed by atoms with E-state index in [9.17, 15) is 9.59 Å². The normalized spacial score (nSPS) is 13.8. The summed E-state index contributed by atoms with van der Waals surface area (Å²) in [4.78, 5) is 34.1. The van der Waals surface area contributed by atoms with Gasteiger partial charge in [-0.05, 0) is 29.8 Å². The monoisotopic (exact) mass is 468 g/mol. The van der Waals surface area contributed by atoms with Crippen molar-refractivity contribution in [3.05, 3.63) is 88.4 Å². The maximum absolute atomic E-state index is 11.7. The van der Waals surface area contributed by atoms with Gasteiger partial charge >= 0.3 is 0 Å². The van der Waals surface area contributed by atoms with Crippen molar-refractivity contribution in [3.8, 4) is 0 Å². The Kier molecular flexibility index (Phi) is 7.91. The molecular formula is C22H18Cl2N6O2. The molecule has 0 atom stereocenters. The topological polar surface area (TPSA) is 108 Å². The Balaban J connectivity index is 0.000000193. The summed E-state index contributed by atoms with van der Waals surface area (Å²) in [6.45, 7) is 0. The number of amides is 2. The minimum atomic E-state index is -0.248. The molecule has 3 aromatic rings. The maximum atomic E-state index is 11.7. The van der Waals surface area contributed by atoms with Crippen molar-refractivity contribution in [1.82, 2.24) is 15.3 Å². The number of aromatic nitrogens is 2. The molecule has 1 aromatic heterocycles. The van der Waals surface area contributed by atoms with Gasteiger partial charge in [-0.3, -0.25) is 9.59 Å². The summed E-state index contributed by atoms with van der Waals surface area (Å²) in [5.74, 6) is -0.112. The first-order chi connectivity index (χ1) is 15.5. The Morgan fingerprint density at radius 2 is 1.81 bits per heavy atom. The zero-order chi connectivity index (χ0) is 22.9. The molecule has 2 amide bonds. The molecule has 2 heterocycles. The van der Waals surface area contributed by atoms with Gasteiger partial charge in [0.2, 0.25) is 5.28 Å². The summed E-state index contributed by atoms with van der Waals surface area (Å²) in [6.07, 6.45) is 5.94. The predicted octanol–water partition coefficient (Wildman–Crippen LogP) is 4.46. The van der Waals surface area contributed by atoms with Gasteiger partial charge in [-0.1, -0.05) is 41.9 Å². The van der Waals surface area contributed by atoms with Gasteiger partial charge in [0.25, 0.3) is 11.8 Å². The summed E-state index contributed by atoms with van der Waals surface area (Å²) in [6, 6.07) is 14.7. The third-order valence-corrected chi connectivity index (χ3v) is 4.58. The second-order valence-corrected chi connectivity index (χ2v) is 6.99. The average Bonchev–Trinajstić information content (AvgIpc) is 2.79. The van der Waals surface area contributed by atoms with Crippen LogP contribution < -0.4 is 16.0 Å². The largest absolute Gasteiger partial charge is 0.361 e. The number of rotatable bonds is 3. The van der Waals surface area contributed by atoms with Gasteiger partial charge in [0.1, 0.15) is 5.02 Å². The Labute approximate surface area is 194 Å². The van der Waals surface area contributed by atoms with Crippen molar-refractivity contribution < 1.29 is 9.59 Å². The predicted molar refractivity (Wildman–Crippen MR) is 127 cm³/mol. The number of hydrogen-bond donors (Lipinski definition) is 3. The number of benzene rings is 2. The lowest BCUT2D eigenvalue weighted by Gasteiger charge is -2.11. The molecule has 0 fully saturated rings. The second-order valence-electron chi connectivity index (χ2n) is 6.25. The highest BCUT2D eigenvalue weighted by Crippen LogP contribution is 2.25. The van der Waals surface area contributed by atoms with Gasteiger partial charge in [0, 0.05) is 36.8 Å². The van der Waals surface area contributed by atoms with E-state index in [-0.39, 0.29) is 17.1 Å². The van der Waals surface area contributed by atoms with Crippen molar-refractivity contribution in [3.63, 3.8) is 0 Å². The number of nitrogens with one attached hydrogen (secondary N) is 3. The van der Waals surface area contributed by atoms with E-state index in [4.69, 9.17) is 23.2 Å². The lowest BCUT2D eigenvalue weighted by atomic mass is 10.1. The molecule has 0 saturated heterocycles. The Bertz CT molecular complexity index is 1200. The fourth-order valence-electron chi connectivity index (χ4n) is 2.61. The van der Waals surface area contributed by atoms with Gasteiger partial charge in [-0.2, -0.15) is 4.98 Å². The lowest BCUT2D eigenvalue weighted by Crippen LogP contribution is -2.19. The highest BCUT2D eigenvalue weighted by Gasteiger charge is 2.11. The zero-order valence-corrected chi connectivity index (χ0v) is 18.4. The summed E-state index contributed by atoms with van der Waals surface area (Å²) < 4.78 is 0. The van der Waals surface area contributed by atoms with Gasteiger partial charge in [-0.25, -0.2) is 9.98 Å². The molecule has 10 heteroatoms. The van der Waals surface area contributed by atoms with E-state index < -0.39 is 0 Å². The van der Waals surface area contributed by atoms with Crippen LogP contribution in [0.25, 0.3) is 0 Å². The fourth-order valence-corrected chi connectivity index (χ4v) is 2.88. The van der Waals surface area contributed by atoms with E-state index in [1.165, 1.54) is 12.3 Å². The molecular weight excluding hydrogens is 451 g/mol. The second kappa shape index (κ2) is 11.0. The van der Waals surface area contributed by atoms with Gasteiger partial charge < -0.3 is 16.0 Å². The van der Waals surface area contributed by atoms with Crippen molar-refractivity contribution in [2.45, 2.75) is 0 Å². The van der Waals surface area contributed by atoms with E-state index in [1.807, 2.05) is 24.3 Å². The molecule has 0 unspecified atom stereocenters. The van der Waals surface area contributed by atoms with Crippen LogP contribution >= 0.6 is 23.2 Å². The van der Waals surface area contributed by atoms with Gasteiger partial charge in [-0.15, -0.1) is 0 Å². The van der Waals surface area contributed by atoms with Crippen molar-refractivity contribution >= 4 is 58.4 Å². The summed E-state index contributed by atoms with van der Waals surface area (Å²) in [7, 11) is 1.56. The van der Waals surface area contributed by atoms with Gasteiger partial charge in [0.05, 0.1) is 17.4 Å². The van der Waals surface area contributed by atoms with Crippen molar-refractivity contribution in [2.75, 3.05) is 17.7 Å². The number of carbonyl (C=O) groups excluding carboxylic acids is 2. The number of fused-ring (bicyclic) bond motifs is 1. The molecule has 0 bridgehead atoms. The lowest BCUT2D eigenvalue weighted by molar-refractivity contribution is -0.113. The van der Waals surface area contributed by atoms with E-state index in [1.54, 1.807) is 43.7 Å². The fraction of sp³-hybridized carbons (Fsp3) is 0.0455. The van der Waals surface area contributed by atoms with Crippen LogP contribution in [0.4, 0.5) is 17.2 Å². The molecule has 162 valence electrons. The van der Waals surface area contributed by atoms with E-state index >= 15 is 0 Å². The minimum Gasteiger partial charge on any atom is -0.361 e. The average molecular weight is 469 g/mol. The smallest absolute Gasteiger partial charge is 0.271 e. The van der Waals surface area contributed by atoms with Crippen LogP contribution in [0.1, 0.15) is 15.9 Å². The molecule has 32 heavy (non-hydrogen) atoms. The first-order valence-electron chi connectivity index (χ1n) is 9.34. The van der Waals surface area contributed by atoms with Crippen LogP contribution in [0.2, 0.25) is 10.3 Å². The van der Waals surface area contributed by atoms with E-state index in [0.29, 0.717) is 22.1 Å². The molecule has 3 N–H and O–H groups in total.